The molecule has 1 atom stereocenters. The van der Waals surface area contributed by atoms with Gasteiger partial charge >= 0.3 is 0 Å². The fourth-order valence-corrected chi connectivity index (χ4v) is 4.74. The summed E-state index contributed by atoms with van der Waals surface area (Å²) in [4.78, 5) is 18.8. The van der Waals surface area contributed by atoms with Crippen LogP contribution in [0.3, 0.4) is 0 Å². The lowest BCUT2D eigenvalue weighted by Crippen LogP contribution is -2.48. The van der Waals surface area contributed by atoms with Gasteiger partial charge in [0, 0.05) is 39.1 Å². The Kier molecular flexibility index (Phi) is 4.84. The van der Waals surface area contributed by atoms with Gasteiger partial charge in [-0.05, 0) is 23.6 Å². The first-order valence-corrected chi connectivity index (χ1v) is 10.4. The van der Waals surface area contributed by atoms with E-state index in [4.69, 9.17) is 4.84 Å². The second-order valence-corrected chi connectivity index (χ2v) is 8.10. The molecule has 0 radical (unpaired) electrons. The second-order valence-electron chi connectivity index (χ2n) is 7.19. The Balaban J connectivity index is 1.19. The SMILES string of the molecule is Fc1cccc(F)c1C1=NO[C@H](CN2CCN(c3ncnc4ccsc34)CC2)C1. The summed E-state index contributed by atoms with van der Waals surface area (Å²) in [6.45, 7) is 4.11. The number of aromatic nitrogens is 2. The molecule has 1 fully saturated rings. The number of oxime groups is 1. The van der Waals surface area contributed by atoms with Gasteiger partial charge in [0.1, 0.15) is 29.9 Å². The second kappa shape index (κ2) is 7.64. The van der Waals surface area contributed by atoms with Gasteiger partial charge in [-0.2, -0.15) is 0 Å². The summed E-state index contributed by atoms with van der Waals surface area (Å²) in [6, 6.07) is 5.84. The Morgan fingerprint density at radius 1 is 1.07 bits per heavy atom. The van der Waals surface area contributed by atoms with Gasteiger partial charge in [-0.1, -0.05) is 11.2 Å². The number of fused-ring (bicyclic) bond motifs is 1. The monoisotopic (exact) mass is 415 g/mol. The zero-order chi connectivity index (χ0) is 19.8. The van der Waals surface area contributed by atoms with Crippen LogP contribution in [-0.4, -0.2) is 59.4 Å². The maximum absolute atomic E-state index is 14.0. The van der Waals surface area contributed by atoms with Crippen molar-refractivity contribution in [2.24, 2.45) is 5.16 Å². The van der Waals surface area contributed by atoms with Crippen molar-refractivity contribution in [2.75, 3.05) is 37.6 Å². The molecule has 0 saturated carbocycles. The van der Waals surface area contributed by atoms with E-state index >= 15 is 0 Å². The number of thiophene rings is 1. The number of nitrogens with zero attached hydrogens (tertiary/aromatic N) is 5. The van der Waals surface area contributed by atoms with Gasteiger partial charge in [0.25, 0.3) is 0 Å². The third-order valence-electron chi connectivity index (χ3n) is 5.34. The van der Waals surface area contributed by atoms with Gasteiger partial charge < -0.3 is 9.74 Å². The van der Waals surface area contributed by atoms with E-state index in [9.17, 15) is 8.78 Å². The lowest BCUT2D eigenvalue weighted by molar-refractivity contribution is 0.0510. The van der Waals surface area contributed by atoms with Crippen LogP contribution in [0.2, 0.25) is 0 Å². The van der Waals surface area contributed by atoms with E-state index in [2.05, 4.69) is 24.9 Å². The van der Waals surface area contributed by atoms with Crippen molar-refractivity contribution >= 4 is 33.1 Å². The van der Waals surface area contributed by atoms with Crippen LogP contribution < -0.4 is 4.90 Å². The standard InChI is InChI=1S/C20H19F2N5OS/c21-14-2-1-3-15(22)18(14)17-10-13(28-25-17)11-26-5-7-27(8-6-26)20-19-16(4-9-29-19)23-12-24-20/h1-4,9,12-13H,5-8,10-11H2/t13-/m0/s1. The molecule has 150 valence electrons. The van der Waals surface area contributed by atoms with E-state index in [0.717, 1.165) is 42.2 Å². The first kappa shape index (κ1) is 18.4. The quantitative estimate of drug-likeness (QED) is 0.655. The number of anilines is 1. The van der Waals surface area contributed by atoms with E-state index in [0.29, 0.717) is 18.7 Å². The molecule has 9 heteroatoms. The number of hydrogen-bond donors (Lipinski definition) is 0. The number of hydrogen-bond acceptors (Lipinski definition) is 7. The molecule has 0 N–H and O–H groups in total. The van der Waals surface area contributed by atoms with Crippen LogP contribution in [0.5, 0.6) is 0 Å². The molecular weight excluding hydrogens is 396 g/mol. The van der Waals surface area contributed by atoms with Crippen molar-refractivity contribution < 1.29 is 13.6 Å². The van der Waals surface area contributed by atoms with Gasteiger partial charge in [-0.25, -0.2) is 18.7 Å². The molecule has 29 heavy (non-hydrogen) atoms. The molecule has 2 aromatic heterocycles. The fraction of sp³-hybridized carbons (Fsp3) is 0.350. The van der Waals surface area contributed by atoms with E-state index in [1.807, 2.05) is 11.4 Å². The molecular formula is C20H19F2N5OS. The predicted octanol–water partition coefficient (Wildman–Crippen LogP) is 3.28. The third-order valence-corrected chi connectivity index (χ3v) is 6.24. The maximum atomic E-state index is 14.0. The van der Waals surface area contributed by atoms with Crippen molar-refractivity contribution in [1.82, 2.24) is 14.9 Å². The van der Waals surface area contributed by atoms with E-state index in [1.165, 1.54) is 18.2 Å². The molecule has 0 aliphatic carbocycles. The average Bonchev–Trinajstić information content (AvgIpc) is 3.38. The minimum Gasteiger partial charge on any atom is -0.390 e. The zero-order valence-electron chi connectivity index (χ0n) is 15.6. The molecule has 1 saturated heterocycles. The minimum absolute atomic E-state index is 0.0801. The molecule has 2 aliphatic rings. The fourth-order valence-electron chi connectivity index (χ4n) is 3.88. The molecule has 0 unspecified atom stereocenters. The Bertz CT molecular complexity index is 1040. The van der Waals surface area contributed by atoms with Crippen molar-refractivity contribution in [3.8, 4) is 0 Å². The topological polar surface area (TPSA) is 53.9 Å². The molecule has 0 spiro atoms. The first-order chi connectivity index (χ1) is 14.2. The van der Waals surface area contributed by atoms with Crippen LogP contribution in [0.15, 0.2) is 41.1 Å². The highest BCUT2D eigenvalue weighted by atomic mass is 32.1. The van der Waals surface area contributed by atoms with Crippen LogP contribution in [0.4, 0.5) is 14.6 Å². The van der Waals surface area contributed by atoms with Crippen LogP contribution in [-0.2, 0) is 4.84 Å². The summed E-state index contributed by atoms with van der Waals surface area (Å²) >= 11 is 1.66. The minimum atomic E-state index is -0.605. The van der Waals surface area contributed by atoms with Crippen LogP contribution >= 0.6 is 11.3 Å². The van der Waals surface area contributed by atoms with Gasteiger partial charge in [-0.3, -0.25) is 4.90 Å². The number of rotatable bonds is 4. The molecule has 3 aromatic rings. The molecule has 1 aromatic carbocycles. The molecule has 4 heterocycles. The highest BCUT2D eigenvalue weighted by Gasteiger charge is 2.29. The molecule has 6 nitrogen and oxygen atoms in total. The van der Waals surface area contributed by atoms with Gasteiger partial charge in [-0.15, -0.1) is 11.3 Å². The van der Waals surface area contributed by atoms with Crippen molar-refractivity contribution in [3.05, 3.63) is 53.2 Å². The van der Waals surface area contributed by atoms with E-state index in [-0.39, 0.29) is 11.7 Å². The summed E-state index contributed by atoms with van der Waals surface area (Å²) in [5.41, 5.74) is 1.24. The largest absolute Gasteiger partial charge is 0.390 e. The smallest absolute Gasteiger partial charge is 0.150 e. The maximum Gasteiger partial charge on any atom is 0.150 e. The zero-order valence-corrected chi connectivity index (χ0v) is 16.4. The molecule has 0 bridgehead atoms. The van der Waals surface area contributed by atoms with Gasteiger partial charge in [0.2, 0.25) is 0 Å². The van der Waals surface area contributed by atoms with Crippen molar-refractivity contribution in [3.63, 3.8) is 0 Å². The molecule has 2 aliphatic heterocycles. The van der Waals surface area contributed by atoms with Crippen molar-refractivity contribution in [1.29, 1.82) is 0 Å². The normalized spacial score (nSPS) is 20.1. The van der Waals surface area contributed by atoms with Gasteiger partial charge in [0.05, 0.1) is 21.5 Å². The van der Waals surface area contributed by atoms with Crippen molar-refractivity contribution in [2.45, 2.75) is 12.5 Å². The van der Waals surface area contributed by atoms with Crippen LogP contribution in [0.1, 0.15) is 12.0 Å². The number of piperazine rings is 1. The lowest BCUT2D eigenvalue weighted by Gasteiger charge is -2.36. The Labute approximate surface area is 170 Å². The van der Waals surface area contributed by atoms with Crippen LogP contribution in [0.25, 0.3) is 10.2 Å². The first-order valence-electron chi connectivity index (χ1n) is 9.51. The van der Waals surface area contributed by atoms with E-state index in [1.54, 1.807) is 17.7 Å². The van der Waals surface area contributed by atoms with Gasteiger partial charge in [0.15, 0.2) is 0 Å². The lowest BCUT2D eigenvalue weighted by atomic mass is 10.0. The highest BCUT2D eigenvalue weighted by Crippen LogP contribution is 2.29. The van der Waals surface area contributed by atoms with Crippen LogP contribution in [0, 0.1) is 11.6 Å². The Morgan fingerprint density at radius 3 is 2.66 bits per heavy atom. The summed E-state index contributed by atoms with van der Waals surface area (Å²) < 4.78 is 29.1. The average molecular weight is 415 g/mol. The molecule has 5 rings (SSSR count). The third kappa shape index (κ3) is 3.56. The Morgan fingerprint density at radius 2 is 1.86 bits per heavy atom. The summed E-state index contributed by atoms with van der Waals surface area (Å²) in [7, 11) is 0. The van der Waals surface area contributed by atoms with E-state index < -0.39 is 11.6 Å². The number of halogens is 2. The highest BCUT2D eigenvalue weighted by molar-refractivity contribution is 7.17. The Hall–Kier alpha value is -2.65. The summed E-state index contributed by atoms with van der Waals surface area (Å²) in [5.74, 6) is -0.222. The predicted molar refractivity (Wildman–Crippen MR) is 108 cm³/mol. The summed E-state index contributed by atoms with van der Waals surface area (Å²) in [5, 5.41) is 5.98. The number of benzene rings is 1. The molecule has 0 amide bonds. The summed E-state index contributed by atoms with van der Waals surface area (Å²) in [6.07, 6.45) is 1.82.